The Morgan fingerprint density at radius 3 is 2.40 bits per heavy atom. The lowest BCUT2D eigenvalue weighted by molar-refractivity contribution is 0.0904. The lowest BCUT2D eigenvalue weighted by Crippen LogP contribution is -2.50. The number of sulfonamides is 2. The number of methoxy groups -OCH3 is 1. The number of fused-ring (bicyclic) bond motifs is 1. The zero-order valence-electron chi connectivity index (χ0n) is 23.7. The molecule has 0 aromatic heterocycles. The normalized spacial score (nSPS) is 19.4. The average Bonchev–Trinajstić information content (AvgIpc) is 2.97. The Balaban J connectivity index is 1.74. The van der Waals surface area contributed by atoms with Crippen LogP contribution in [0.2, 0.25) is 0 Å². The maximum atomic E-state index is 14.4. The Morgan fingerprint density at radius 2 is 1.76 bits per heavy atom. The van der Waals surface area contributed by atoms with Crippen molar-refractivity contribution < 1.29 is 35.8 Å². The summed E-state index contributed by atoms with van der Waals surface area (Å²) in [6.07, 6.45) is -0.830. The van der Waals surface area contributed by atoms with Crippen LogP contribution < -0.4 is 9.47 Å². The van der Waals surface area contributed by atoms with E-state index in [1.165, 1.54) is 41.7 Å². The van der Waals surface area contributed by atoms with Crippen molar-refractivity contribution in [2.24, 2.45) is 5.92 Å². The third-order valence-corrected chi connectivity index (χ3v) is 10.9. The standard InChI is InChI=1S/C30H33FN2O7S2/c1-21-18-33(22(2)20-34)42(37,38)30-16-13-24(10-9-23-11-14-25(39-4)15-12-23)17-27(30)40-28(21)19-32(3)41(35,36)29-8-6-5-7-26(29)31/h5-8,11-17,21-22,28,34H,18-20H2,1-4H3/t21-,22-,28-/m0/s1. The topological polar surface area (TPSA) is 113 Å². The number of aliphatic hydroxyl groups is 1. The van der Waals surface area contributed by atoms with Crippen LogP contribution in [-0.4, -0.2) is 76.6 Å². The molecular formula is C30H33FN2O7S2. The van der Waals surface area contributed by atoms with Gasteiger partial charge in [0.25, 0.3) is 0 Å². The summed E-state index contributed by atoms with van der Waals surface area (Å²) in [7, 11) is -5.44. The van der Waals surface area contributed by atoms with Crippen molar-refractivity contribution in [1.82, 2.24) is 8.61 Å². The molecule has 0 fully saturated rings. The Morgan fingerprint density at radius 1 is 1.12 bits per heavy atom. The minimum absolute atomic E-state index is 0.0000830. The Hall–Kier alpha value is -3.47. The molecule has 0 spiro atoms. The second kappa shape index (κ2) is 12.8. The van der Waals surface area contributed by atoms with Crippen molar-refractivity contribution in [3.63, 3.8) is 0 Å². The SMILES string of the molecule is COc1ccc(C#Cc2ccc3c(c2)O[C@@H](CN(C)S(=O)(=O)c2ccccc2F)[C@@H](C)CN([C@@H](C)CO)S3(=O)=O)cc1. The molecule has 1 aliphatic heterocycles. The molecule has 0 aliphatic carbocycles. The van der Waals surface area contributed by atoms with Crippen LogP contribution in [0.15, 0.2) is 76.5 Å². The molecule has 42 heavy (non-hydrogen) atoms. The van der Waals surface area contributed by atoms with Crippen molar-refractivity contribution in [1.29, 1.82) is 0 Å². The van der Waals surface area contributed by atoms with Gasteiger partial charge < -0.3 is 14.6 Å². The van der Waals surface area contributed by atoms with E-state index in [2.05, 4.69) is 11.8 Å². The Labute approximate surface area is 246 Å². The summed E-state index contributed by atoms with van der Waals surface area (Å²) in [4.78, 5) is -0.602. The molecule has 0 bridgehead atoms. The van der Waals surface area contributed by atoms with E-state index in [4.69, 9.17) is 9.47 Å². The van der Waals surface area contributed by atoms with Gasteiger partial charge in [-0.25, -0.2) is 21.2 Å². The van der Waals surface area contributed by atoms with E-state index in [1.54, 1.807) is 51.3 Å². The predicted octanol–water partition coefficient (Wildman–Crippen LogP) is 3.32. The quantitative estimate of drug-likeness (QED) is 0.405. The van der Waals surface area contributed by atoms with Gasteiger partial charge in [-0.05, 0) is 61.5 Å². The van der Waals surface area contributed by atoms with E-state index in [0.29, 0.717) is 16.9 Å². The number of hydrogen-bond acceptors (Lipinski definition) is 7. The summed E-state index contributed by atoms with van der Waals surface area (Å²) in [5.74, 6) is 5.32. The van der Waals surface area contributed by atoms with Gasteiger partial charge in [-0.3, -0.25) is 0 Å². The molecular weight excluding hydrogens is 583 g/mol. The Bertz CT molecular complexity index is 1700. The van der Waals surface area contributed by atoms with Crippen LogP contribution in [0.25, 0.3) is 0 Å². The first-order valence-corrected chi connectivity index (χ1v) is 16.1. The number of likely N-dealkylation sites (N-methyl/N-ethyl adjacent to an activating group) is 1. The third kappa shape index (κ3) is 6.61. The zero-order chi connectivity index (χ0) is 30.7. The van der Waals surface area contributed by atoms with E-state index in [0.717, 1.165) is 10.4 Å². The lowest BCUT2D eigenvalue weighted by atomic mass is 10.0. The number of nitrogens with zero attached hydrogens (tertiary/aromatic N) is 2. The lowest BCUT2D eigenvalue weighted by Gasteiger charge is -2.37. The molecule has 0 unspecified atom stereocenters. The van der Waals surface area contributed by atoms with E-state index in [1.807, 2.05) is 0 Å². The van der Waals surface area contributed by atoms with Crippen LogP contribution in [0.5, 0.6) is 11.5 Å². The highest BCUT2D eigenvalue weighted by molar-refractivity contribution is 7.89. The van der Waals surface area contributed by atoms with Crippen LogP contribution in [0, 0.1) is 23.6 Å². The van der Waals surface area contributed by atoms with Gasteiger partial charge in [0.15, 0.2) is 0 Å². The maximum absolute atomic E-state index is 14.4. The minimum atomic E-state index is -4.23. The number of benzene rings is 3. The Kier molecular flexibility index (Phi) is 9.60. The zero-order valence-corrected chi connectivity index (χ0v) is 25.3. The summed E-state index contributed by atoms with van der Waals surface area (Å²) >= 11 is 0. The largest absolute Gasteiger partial charge is 0.497 e. The van der Waals surface area contributed by atoms with Crippen molar-refractivity contribution in [3.05, 3.63) is 83.7 Å². The van der Waals surface area contributed by atoms with Crippen molar-refractivity contribution in [2.75, 3.05) is 33.9 Å². The average molecular weight is 617 g/mol. The number of rotatable bonds is 7. The van der Waals surface area contributed by atoms with E-state index < -0.39 is 55.4 Å². The highest BCUT2D eigenvalue weighted by Gasteiger charge is 2.39. The number of ether oxygens (including phenoxy) is 2. The second-order valence-corrected chi connectivity index (χ2v) is 14.0. The van der Waals surface area contributed by atoms with Gasteiger partial charge in [0.2, 0.25) is 20.0 Å². The molecule has 0 radical (unpaired) electrons. The van der Waals surface area contributed by atoms with Crippen LogP contribution in [0.1, 0.15) is 25.0 Å². The van der Waals surface area contributed by atoms with Gasteiger partial charge in [-0.2, -0.15) is 8.61 Å². The van der Waals surface area contributed by atoms with Crippen LogP contribution in [0.4, 0.5) is 4.39 Å². The van der Waals surface area contributed by atoms with Gasteiger partial charge in [-0.1, -0.05) is 30.9 Å². The molecule has 224 valence electrons. The van der Waals surface area contributed by atoms with Crippen LogP contribution >= 0.6 is 0 Å². The molecule has 1 N–H and O–H groups in total. The highest BCUT2D eigenvalue weighted by atomic mass is 32.2. The molecule has 12 heteroatoms. The van der Waals surface area contributed by atoms with Gasteiger partial charge in [0, 0.05) is 36.7 Å². The fraction of sp³-hybridized carbons (Fsp3) is 0.333. The van der Waals surface area contributed by atoms with E-state index in [9.17, 15) is 26.3 Å². The minimum Gasteiger partial charge on any atom is -0.497 e. The summed E-state index contributed by atoms with van der Waals surface area (Å²) in [6, 6.07) is 15.9. The third-order valence-electron chi connectivity index (χ3n) is 7.07. The smallest absolute Gasteiger partial charge is 0.247 e. The molecule has 4 rings (SSSR count). The molecule has 0 saturated carbocycles. The van der Waals surface area contributed by atoms with Crippen LogP contribution in [-0.2, 0) is 20.0 Å². The number of aliphatic hydroxyl groups excluding tert-OH is 1. The fourth-order valence-corrected chi connectivity index (χ4v) is 7.58. The highest BCUT2D eigenvalue weighted by Crippen LogP contribution is 2.34. The second-order valence-electron chi connectivity index (χ2n) is 10.1. The summed E-state index contributed by atoms with van der Waals surface area (Å²) in [5.41, 5.74) is 1.19. The van der Waals surface area contributed by atoms with Gasteiger partial charge in [-0.15, -0.1) is 0 Å². The molecule has 0 amide bonds. The van der Waals surface area contributed by atoms with E-state index >= 15 is 0 Å². The van der Waals surface area contributed by atoms with Crippen LogP contribution in [0.3, 0.4) is 0 Å². The number of halogens is 1. The summed E-state index contributed by atoms with van der Waals surface area (Å²) in [5, 5.41) is 9.85. The fourth-order valence-electron chi connectivity index (χ4n) is 4.51. The van der Waals surface area contributed by atoms with Crippen molar-refractivity contribution >= 4 is 20.0 Å². The molecule has 3 atom stereocenters. The first kappa shape index (κ1) is 31.5. The van der Waals surface area contributed by atoms with Crippen molar-refractivity contribution in [2.45, 2.75) is 35.8 Å². The molecule has 1 heterocycles. The summed E-state index contributed by atoms with van der Waals surface area (Å²) in [6.45, 7) is 2.67. The first-order valence-electron chi connectivity index (χ1n) is 13.2. The van der Waals surface area contributed by atoms with E-state index in [-0.39, 0.29) is 23.7 Å². The molecule has 1 aliphatic rings. The summed E-state index contributed by atoms with van der Waals surface area (Å²) < 4.78 is 81.9. The maximum Gasteiger partial charge on any atom is 0.247 e. The van der Waals surface area contributed by atoms with Gasteiger partial charge in [0.05, 0.1) is 20.3 Å². The molecule has 3 aromatic carbocycles. The van der Waals surface area contributed by atoms with Gasteiger partial charge in [0.1, 0.15) is 33.2 Å². The number of hydrogen-bond donors (Lipinski definition) is 1. The molecule has 9 nitrogen and oxygen atoms in total. The molecule has 3 aromatic rings. The first-order chi connectivity index (χ1) is 19.9. The van der Waals surface area contributed by atoms with Crippen molar-refractivity contribution in [3.8, 4) is 23.3 Å². The predicted molar refractivity (Wildman–Crippen MR) is 156 cm³/mol. The monoisotopic (exact) mass is 616 g/mol. The van der Waals surface area contributed by atoms with Gasteiger partial charge >= 0.3 is 0 Å². The molecule has 0 saturated heterocycles.